The Bertz CT molecular complexity index is 369. The van der Waals surface area contributed by atoms with Crippen molar-refractivity contribution in [1.82, 2.24) is 10.1 Å². The van der Waals surface area contributed by atoms with E-state index < -0.39 is 5.54 Å². The van der Waals surface area contributed by atoms with E-state index in [4.69, 9.17) is 10.3 Å². The van der Waals surface area contributed by atoms with Crippen molar-refractivity contribution in [2.45, 2.75) is 76.7 Å². The zero-order chi connectivity index (χ0) is 13.0. The molecular formula is C14H25N3O. The van der Waals surface area contributed by atoms with Gasteiger partial charge in [0.2, 0.25) is 5.89 Å². The molecule has 18 heavy (non-hydrogen) atoms. The molecular weight excluding hydrogens is 226 g/mol. The van der Waals surface area contributed by atoms with Crippen LogP contribution in [0, 0.1) is 0 Å². The van der Waals surface area contributed by atoms with Gasteiger partial charge in [0, 0.05) is 5.92 Å². The third kappa shape index (κ3) is 3.55. The Morgan fingerprint density at radius 3 is 2.67 bits per heavy atom. The minimum Gasteiger partial charge on any atom is -0.339 e. The van der Waals surface area contributed by atoms with E-state index in [2.05, 4.69) is 17.1 Å². The number of hydrogen-bond acceptors (Lipinski definition) is 4. The zero-order valence-corrected chi connectivity index (χ0v) is 11.6. The fraction of sp³-hybridized carbons (Fsp3) is 0.857. The molecule has 102 valence electrons. The van der Waals surface area contributed by atoms with Gasteiger partial charge in [0.05, 0.1) is 5.54 Å². The summed E-state index contributed by atoms with van der Waals surface area (Å²) in [5, 5.41) is 4.05. The van der Waals surface area contributed by atoms with Crippen LogP contribution < -0.4 is 5.73 Å². The van der Waals surface area contributed by atoms with E-state index >= 15 is 0 Å². The van der Waals surface area contributed by atoms with Gasteiger partial charge in [-0.3, -0.25) is 0 Å². The van der Waals surface area contributed by atoms with Crippen molar-refractivity contribution in [2.75, 3.05) is 0 Å². The number of nitrogens with zero attached hydrogens (tertiary/aromatic N) is 2. The predicted octanol–water partition coefficient (Wildman–Crippen LogP) is 3.48. The molecule has 1 saturated carbocycles. The first-order chi connectivity index (χ1) is 8.63. The summed E-state index contributed by atoms with van der Waals surface area (Å²) in [6, 6.07) is 0. The molecule has 0 saturated heterocycles. The highest BCUT2D eigenvalue weighted by atomic mass is 16.5. The molecule has 1 heterocycles. The van der Waals surface area contributed by atoms with Gasteiger partial charge in [-0.2, -0.15) is 4.98 Å². The van der Waals surface area contributed by atoms with Crippen LogP contribution >= 0.6 is 0 Å². The van der Waals surface area contributed by atoms with Crippen molar-refractivity contribution in [1.29, 1.82) is 0 Å². The fourth-order valence-electron chi connectivity index (χ4n) is 2.17. The van der Waals surface area contributed by atoms with E-state index in [1.165, 1.54) is 38.5 Å². The smallest absolute Gasteiger partial charge is 0.229 e. The second kappa shape index (κ2) is 5.83. The second-order valence-electron chi connectivity index (χ2n) is 5.81. The molecule has 1 unspecified atom stereocenters. The lowest BCUT2D eigenvalue weighted by atomic mass is 9.94. The third-order valence-corrected chi connectivity index (χ3v) is 3.68. The molecule has 0 radical (unpaired) electrons. The molecule has 0 aliphatic heterocycles. The Balaban J connectivity index is 1.80. The summed E-state index contributed by atoms with van der Waals surface area (Å²) in [5.41, 5.74) is 5.86. The van der Waals surface area contributed by atoms with Crippen LogP contribution in [0.3, 0.4) is 0 Å². The van der Waals surface area contributed by atoms with Crippen LogP contribution in [0.15, 0.2) is 4.52 Å². The maximum absolute atomic E-state index is 6.30. The third-order valence-electron chi connectivity index (χ3n) is 3.68. The Morgan fingerprint density at radius 1 is 1.28 bits per heavy atom. The van der Waals surface area contributed by atoms with Gasteiger partial charge in [0.25, 0.3) is 0 Å². The highest BCUT2D eigenvalue weighted by Gasteiger charge is 2.33. The second-order valence-corrected chi connectivity index (χ2v) is 5.81. The number of hydrogen-bond donors (Lipinski definition) is 1. The average Bonchev–Trinajstić information content (AvgIpc) is 3.06. The molecule has 1 fully saturated rings. The van der Waals surface area contributed by atoms with Gasteiger partial charge in [0.1, 0.15) is 0 Å². The molecule has 2 rings (SSSR count). The summed E-state index contributed by atoms with van der Waals surface area (Å²) in [4.78, 5) is 4.46. The van der Waals surface area contributed by atoms with Crippen molar-refractivity contribution in [3.63, 3.8) is 0 Å². The van der Waals surface area contributed by atoms with Crippen molar-refractivity contribution < 1.29 is 4.52 Å². The maximum Gasteiger partial charge on any atom is 0.229 e. The van der Waals surface area contributed by atoms with Crippen LogP contribution in [-0.2, 0) is 5.54 Å². The lowest BCUT2D eigenvalue weighted by molar-refractivity contribution is 0.343. The van der Waals surface area contributed by atoms with Crippen LogP contribution in [-0.4, -0.2) is 10.1 Å². The quantitative estimate of drug-likeness (QED) is 0.718. The summed E-state index contributed by atoms with van der Waals surface area (Å²) in [7, 11) is 0. The molecule has 0 aromatic carbocycles. The fourth-order valence-corrected chi connectivity index (χ4v) is 2.17. The average molecular weight is 251 g/mol. The Labute approximate surface area is 109 Å². The molecule has 1 aromatic rings. The minimum atomic E-state index is -0.442. The lowest BCUT2D eigenvalue weighted by Crippen LogP contribution is -2.34. The van der Waals surface area contributed by atoms with E-state index in [9.17, 15) is 0 Å². The summed E-state index contributed by atoms with van der Waals surface area (Å²) < 4.78 is 5.28. The van der Waals surface area contributed by atoms with Crippen molar-refractivity contribution in [3.05, 3.63) is 11.7 Å². The SMILES string of the molecule is CCCCCCCC(C)(N)c1noc(C2CC2)n1. The predicted molar refractivity (Wildman–Crippen MR) is 71.2 cm³/mol. The largest absolute Gasteiger partial charge is 0.339 e. The molecule has 0 spiro atoms. The zero-order valence-electron chi connectivity index (χ0n) is 11.6. The molecule has 1 aromatic heterocycles. The molecule has 1 atom stereocenters. The first-order valence-electron chi connectivity index (χ1n) is 7.26. The highest BCUT2D eigenvalue weighted by molar-refractivity contribution is 5.07. The van der Waals surface area contributed by atoms with E-state index in [0.29, 0.717) is 11.7 Å². The van der Waals surface area contributed by atoms with Gasteiger partial charge >= 0.3 is 0 Å². The van der Waals surface area contributed by atoms with Crippen molar-refractivity contribution in [2.24, 2.45) is 5.73 Å². The molecule has 2 N–H and O–H groups in total. The maximum atomic E-state index is 6.30. The normalized spacial score (nSPS) is 18.8. The molecule has 0 amide bonds. The Morgan fingerprint density at radius 2 is 2.00 bits per heavy atom. The summed E-state index contributed by atoms with van der Waals surface area (Å²) in [6.07, 6.45) is 9.56. The Hall–Kier alpha value is -0.900. The van der Waals surface area contributed by atoms with Crippen LogP contribution in [0.2, 0.25) is 0 Å². The first kappa shape index (κ1) is 13.5. The monoisotopic (exact) mass is 251 g/mol. The topological polar surface area (TPSA) is 64.9 Å². The van der Waals surface area contributed by atoms with Gasteiger partial charge in [-0.15, -0.1) is 0 Å². The molecule has 1 aliphatic carbocycles. The minimum absolute atomic E-state index is 0.442. The van der Waals surface area contributed by atoms with Crippen LogP contribution in [0.25, 0.3) is 0 Å². The number of unbranched alkanes of at least 4 members (excludes halogenated alkanes) is 4. The standard InChI is InChI=1S/C14H25N3O/c1-3-4-5-6-7-10-14(2,15)13-16-12(18-17-13)11-8-9-11/h11H,3-10,15H2,1-2H3. The summed E-state index contributed by atoms with van der Waals surface area (Å²) in [6.45, 7) is 4.24. The summed E-state index contributed by atoms with van der Waals surface area (Å²) in [5.74, 6) is 1.97. The van der Waals surface area contributed by atoms with Gasteiger partial charge < -0.3 is 10.3 Å². The van der Waals surface area contributed by atoms with E-state index in [1.54, 1.807) is 0 Å². The number of nitrogens with two attached hydrogens (primary N) is 1. The van der Waals surface area contributed by atoms with Gasteiger partial charge in [-0.25, -0.2) is 0 Å². The van der Waals surface area contributed by atoms with Gasteiger partial charge in [-0.05, 0) is 26.2 Å². The van der Waals surface area contributed by atoms with E-state index in [-0.39, 0.29) is 0 Å². The lowest BCUT2D eigenvalue weighted by Gasteiger charge is -2.20. The molecule has 0 bridgehead atoms. The number of aromatic nitrogens is 2. The first-order valence-corrected chi connectivity index (χ1v) is 7.26. The highest BCUT2D eigenvalue weighted by Crippen LogP contribution is 2.39. The van der Waals surface area contributed by atoms with Gasteiger partial charge in [-0.1, -0.05) is 44.2 Å². The Kier molecular flexibility index (Phi) is 4.38. The number of rotatable bonds is 8. The van der Waals surface area contributed by atoms with Crippen molar-refractivity contribution in [3.8, 4) is 0 Å². The van der Waals surface area contributed by atoms with Gasteiger partial charge in [0.15, 0.2) is 5.82 Å². The van der Waals surface area contributed by atoms with Crippen LogP contribution in [0.1, 0.15) is 82.8 Å². The molecule has 1 aliphatic rings. The van der Waals surface area contributed by atoms with Crippen LogP contribution in [0.4, 0.5) is 0 Å². The summed E-state index contributed by atoms with van der Waals surface area (Å²) >= 11 is 0. The van der Waals surface area contributed by atoms with E-state index in [1.807, 2.05) is 6.92 Å². The van der Waals surface area contributed by atoms with E-state index in [0.717, 1.165) is 18.7 Å². The molecule has 4 nitrogen and oxygen atoms in total. The van der Waals surface area contributed by atoms with Crippen molar-refractivity contribution >= 4 is 0 Å². The molecule has 4 heteroatoms. The van der Waals surface area contributed by atoms with Crippen LogP contribution in [0.5, 0.6) is 0 Å².